The Morgan fingerprint density at radius 2 is 1.76 bits per heavy atom. The monoisotopic (exact) mass is 734 g/mol. The summed E-state index contributed by atoms with van der Waals surface area (Å²) in [5.41, 5.74) is 0.0957. The summed E-state index contributed by atoms with van der Waals surface area (Å²) in [7, 11) is -2.74. The fourth-order valence-corrected chi connectivity index (χ4v) is 7.96. The molecule has 0 spiro atoms. The van der Waals surface area contributed by atoms with Gasteiger partial charge in [-0.05, 0) is 61.4 Å². The maximum atomic E-state index is 14.3. The van der Waals surface area contributed by atoms with Gasteiger partial charge in [-0.15, -0.1) is 0 Å². The average molecular weight is 735 g/mol. The van der Waals surface area contributed by atoms with Gasteiger partial charge in [-0.1, -0.05) is 44.2 Å². The molecular weight excluding hydrogens is 684 g/mol. The lowest BCUT2D eigenvalue weighted by Gasteiger charge is -2.38. The number of urea groups is 1. The number of fused-ring (bicyclic) bond motifs is 1. The molecule has 2 aliphatic rings. The van der Waals surface area contributed by atoms with Gasteiger partial charge in [0.2, 0.25) is 10.0 Å². The van der Waals surface area contributed by atoms with E-state index in [9.17, 15) is 27.9 Å². The molecule has 5 atom stereocenters. The molecule has 2 saturated heterocycles. The van der Waals surface area contributed by atoms with Gasteiger partial charge >= 0.3 is 18.1 Å². The zero-order valence-corrected chi connectivity index (χ0v) is 30.3. The van der Waals surface area contributed by atoms with Crippen LogP contribution < -0.4 is 15.4 Å². The number of carboxylic acid groups (broad SMARTS) is 1. The second kappa shape index (κ2) is 18.0. The van der Waals surface area contributed by atoms with Gasteiger partial charge in [0, 0.05) is 26.2 Å². The number of likely N-dealkylation sites (N-methyl/N-ethyl adjacent to an activating group) is 1. The highest BCUT2D eigenvalue weighted by Gasteiger charge is 2.45. The van der Waals surface area contributed by atoms with Crippen molar-refractivity contribution in [1.82, 2.24) is 19.8 Å². The SMILES string of the molecule is CCN(C(=O)O[C@@H]1CO[C@@H]2OCC[C@@H]21)[C@@H](Cc1ccccc1)[C@H](O)CN(CC(C)(C)CCNC(=O)NCC(=O)O)S(=O)(=O)c1ccc(OC)cc1. The number of rotatable bonds is 18. The van der Waals surface area contributed by atoms with E-state index in [1.807, 2.05) is 44.2 Å². The molecule has 51 heavy (non-hydrogen) atoms. The lowest BCUT2D eigenvalue weighted by Crippen LogP contribution is -2.54. The van der Waals surface area contributed by atoms with Gasteiger partial charge < -0.3 is 44.7 Å². The maximum Gasteiger partial charge on any atom is 0.410 e. The van der Waals surface area contributed by atoms with E-state index in [0.29, 0.717) is 25.2 Å². The smallest absolute Gasteiger partial charge is 0.410 e. The number of hydrogen-bond donors (Lipinski definition) is 4. The zero-order valence-electron chi connectivity index (χ0n) is 29.5. The number of methoxy groups -OCH3 is 1. The van der Waals surface area contributed by atoms with E-state index in [0.717, 1.165) is 5.56 Å². The van der Waals surface area contributed by atoms with E-state index < -0.39 is 64.6 Å². The molecule has 282 valence electrons. The molecule has 15 nitrogen and oxygen atoms in total. The van der Waals surface area contributed by atoms with Crippen LogP contribution in [0.2, 0.25) is 0 Å². The summed E-state index contributed by atoms with van der Waals surface area (Å²) in [5.74, 6) is -0.806. The molecule has 4 rings (SSSR count). The topological polar surface area (TPSA) is 193 Å². The number of amides is 3. The van der Waals surface area contributed by atoms with Crippen LogP contribution >= 0.6 is 0 Å². The molecule has 2 fully saturated rings. The first kappa shape index (κ1) is 39.8. The largest absolute Gasteiger partial charge is 0.497 e. The summed E-state index contributed by atoms with van der Waals surface area (Å²) in [6.45, 7) is 5.47. The third-order valence-electron chi connectivity index (χ3n) is 9.12. The number of carboxylic acids is 1. The van der Waals surface area contributed by atoms with Crippen molar-refractivity contribution in [3.63, 3.8) is 0 Å². The third-order valence-corrected chi connectivity index (χ3v) is 11.0. The van der Waals surface area contributed by atoms with Crippen molar-refractivity contribution < 1.29 is 52.0 Å². The van der Waals surface area contributed by atoms with Crippen LogP contribution in [0, 0.1) is 11.3 Å². The predicted molar refractivity (Wildman–Crippen MR) is 186 cm³/mol. The number of nitrogens with one attached hydrogen (secondary N) is 2. The van der Waals surface area contributed by atoms with Crippen molar-refractivity contribution in [3.05, 3.63) is 60.2 Å². The summed E-state index contributed by atoms with van der Waals surface area (Å²) < 4.78 is 52.1. The molecule has 0 saturated carbocycles. The molecule has 16 heteroatoms. The number of ether oxygens (including phenoxy) is 4. The van der Waals surface area contributed by atoms with Crippen molar-refractivity contribution in [1.29, 1.82) is 0 Å². The Kier molecular flexibility index (Phi) is 14.1. The minimum atomic E-state index is -4.21. The minimum absolute atomic E-state index is 0.0154. The number of carbonyl (C=O) groups excluding carboxylic acids is 2. The zero-order chi connectivity index (χ0) is 37.2. The van der Waals surface area contributed by atoms with Crippen molar-refractivity contribution in [3.8, 4) is 5.75 Å². The van der Waals surface area contributed by atoms with Crippen LogP contribution in [-0.2, 0) is 35.4 Å². The van der Waals surface area contributed by atoms with Crippen molar-refractivity contribution in [2.75, 3.05) is 53.0 Å². The van der Waals surface area contributed by atoms with Crippen molar-refractivity contribution in [2.45, 2.75) is 69.5 Å². The lowest BCUT2D eigenvalue weighted by molar-refractivity contribution is -0.135. The van der Waals surface area contributed by atoms with E-state index >= 15 is 0 Å². The maximum absolute atomic E-state index is 14.3. The normalized spacial score (nSPS) is 19.9. The Balaban J connectivity index is 1.59. The van der Waals surface area contributed by atoms with Gasteiger partial charge in [0.05, 0.1) is 43.3 Å². The number of aliphatic hydroxyl groups is 1. The Labute approximate surface area is 299 Å². The molecule has 0 unspecified atom stereocenters. The number of hydrogen-bond acceptors (Lipinski definition) is 10. The molecule has 0 aromatic heterocycles. The lowest BCUT2D eigenvalue weighted by atomic mass is 9.89. The highest BCUT2D eigenvalue weighted by Crippen LogP contribution is 2.34. The molecule has 2 aliphatic heterocycles. The number of sulfonamides is 1. The molecule has 0 radical (unpaired) electrons. The van der Waals surface area contributed by atoms with Gasteiger partial charge in [0.15, 0.2) is 6.29 Å². The quantitative estimate of drug-likeness (QED) is 0.176. The summed E-state index contributed by atoms with van der Waals surface area (Å²) in [6, 6.07) is 13.7. The summed E-state index contributed by atoms with van der Waals surface area (Å²) in [5, 5.41) is 25.6. The Bertz CT molecular complexity index is 1560. The predicted octanol–water partition coefficient (Wildman–Crippen LogP) is 2.68. The molecule has 2 aromatic rings. The molecule has 3 amide bonds. The number of aliphatic carboxylic acids is 1. The second-order valence-electron chi connectivity index (χ2n) is 13.4. The highest BCUT2D eigenvalue weighted by atomic mass is 32.2. The van der Waals surface area contributed by atoms with Crippen LogP contribution in [0.25, 0.3) is 0 Å². The first-order chi connectivity index (χ1) is 24.2. The molecule has 4 N–H and O–H groups in total. The number of aliphatic hydroxyl groups excluding tert-OH is 1. The second-order valence-corrected chi connectivity index (χ2v) is 15.4. The van der Waals surface area contributed by atoms with Gasteiger partial charge in [0.1, 0.15) is 18.4 Å². The van der Waals surface area contributed by atoms with Crippen LogP contribution in [0.4, 0.5) is 9.59 Å². The first-order valence-electron chi connectivity index (χ1n) is 17.0. The van der Waals surface area contributed by atoms with Gasteiger partial charge in [0.25, 0.3) is 0 Å². The van der Waals surface area contributed by atoms with Crippen LogP contribution in [0.3, 0.4) is 0 Å². The van der Waals surface area contributed by atoms with E-state index in [4.69, 9.17) is 24.1 Å². The summed E-state index contributed by atoms with van der Waals surface area (Å²) in [4.78, 5) is 38.0. The van der Waals surface area contributed by atoms with Crippen LogP contribution in [0.5, 0.6) is 5.75 Å². The van der Waals surface area contributed by atoms with Crippen LogP contribution in [0.15, 0.2) is 59.5 Å². The Hall–Kier alpha value is -3.96. The van der Waals surface area contributed by atoms with Crippen LogP contribution in [-0.4, -0.2) is 124 Å². The van der Waals surface area contributed by atoms with E-state index in [1.54, 1.807) is 6.92 Å². The van der Waals surface area contributed by atoms with Crippen molar-refractivity contribution >= 4 is 28.1 Å². The van der Waals surface area contributed by atoms with E-state index in [2.05, 4.69) is 10.6 Å². The fraction of sp³-hybridized carbons (Fsp3) is 0.571. The number of benzene rings is 2. The summed E-state index contributed by atoms with van der Waals surface area (Å²) >= 11 is 0. The summed E-state index contributed by atoms with van der Waals surface area (Å²) in [6.07, 6.45) is -1.70. The van der Waals surface area contributed by atoms with Crippen molar-refractivity contribution in [2.24, 2.45) is 11.3 Å². The van der Waals surface area contributed by atoms with Crippen LogP contribution in [0.1, 0.15) is 39.2 Å². The van der Waals surface area contributed by atoms with Gasteiger partial charge in [-0.25, -0.2) is 18.0 Å². The van der Waals surface area contributed by atoms with E-state index in [-0.39, 0.29) is 50.0 Å². The molecular formula is C35H50N4O11S. The minimum Gasteiger partial charge on any atom is -0.497 e. The first-order valence-corrected chi connectivity index (χ1v) is 18.5. The Morgan fingerprint density at radius 3 is 2.41 bits per heavy atom. The highest BCUT2D eigenvalue weighted by molar-refractivity contribution is 7.89. The van der Waals surface area contributed by atoms with E-state index in [1.165, 1.54) is 40.6 Å². The average Bonchev–Trinajstić information content (AvgIpc) is 3.72. The number of carbonyl (C=O) groups is 3. The molecule has 2 heterocycles. The standard InChI is InChI=1S/C35H50N4O11S/c1-5-39(34(44)50-30-22-49-32-27(30)15-18-48-32)28(19-24-9-7-6-8-10-24)29(40)21-38(51(45,46)26-13-11-25(47-4)12-14-26)23-35(2,3)16-17-36-33(43)37-20-31(41)42/h6-14,27-30,32,40H,5,15-23H2,1-4H3,(H,41,42)(H2,36,37,43)/t27-,28+,29-,30-,32+/m1/s1. The van der Waals surface area contributed by atoms with Gasteiger partial charge in [-0.2, -0.15) is 4.31 Å². The third kappa shape index (κ3) is 11.0. The molecule has 2 aromatic carbocycles. The molecule has 0 bridgehead atoms. The number of nitrogens with zero attached hydrogens (tertiary/aromatic N) is 2. The molecule has 0 aliphatic carbocycles. The fourth-order valence-electron chi connectivity index (χ4n) is 6.32. The van der Waals surface area contributed by atoms with Gasteiger partial charge in [-0.3, -0.25) is 4.79 Å². The Morgan fingerprint density at radius 1 is 1.06 bits per heavy atom.